The van der Waals surface area contributed by atoms with Crippen molar-refractivity contribution in [1.29, 1.82) is 0 Å². The first kappa shape index (κ1) is 19.6. The van der Waals surface area contributed by atoms with E-state index in [2.05, 4.69) is 9.97 Å². The minimum atomic E-state index is -3.08. The van der Waals surface area contributed by atoms with E-state index in [1.165, 1.54) is 0 Å². The Labute approximate surface area is 145 Å². The number of imidazole rings is 1. The summed E-state index contributed by atoms with van der Waals surface area (Å²) >= 11 is 0. The van der Waals surface area contributed by atoms with Gasteiger partial charge in [0.25, 0.3) is 5.56 Å². The van der Waals surface area contributed by atoms with Gasteiger partial charge in [-0.05, 0) is 19.8 Å². The Kier molecular flexibility index (Phi) is 6.75. The summed E-state index contributed by atoms with van der Waals surface area (Å²) in [6.45, 7) is 6.74. The average Bonchev–Trinajstić information content (AvgIpc) is 2.97. The van der Waals surface area contributed by atoms with Crippen molar-refractivity contribution in [3.63, 3.8) is 0 Å². The van der Waals surface area contributed by atoms with Gasteiger partial charge in [0.15, 0.2) is 11.2 Å². The lowest BCUT2D eigenvalue weighted by atomic mass is 10.4. The Morgan fingerprint density at radius 1 is 1.20 bits per heavy atom. The average molecular weight is 372 g/mol. The molecular formula is C15H25N4O5P. The zero-order valence-electron chi connectivity index (χ0n) is 14.9. The predicted molar refractivity (Wildman–Crippen MR) is 95.2 cm³/mol. The Bertz CT molecular complexity index is 869. The van der Waals surface area contributed by atoms with Crippen LogP contribution < -0.4 is 11.2 Å². The molecule has 0 fully saturated rings. The second-order valence-electron chi connectivity index (χ2n) is 5.55. The summed E-state index contributed by atoms with van der Waals surface area (Å²) < 4.78 is 25.5. The normalized spacial score (nSPS) is 14.0. The zero-order chi connectivity index (χ0) is 18.4. The van der Waals surface area contributed by atoms with Gasteiger partial charge in [-0.15, -0.1) is 0 Å². The number of fused-ring (bicyclic) bond motifs is 1. The third-order valence-corrected chi connectivity index (χ3v) is 5.75. The number of aromatic nitrogens is 4. The van der Waals surface area contributed by atoms with Gasteiger partial charge in [0, 0.05) is 19.3 Å². The van der Waals surface area contributed by atoms with Crippen LogP contribution in [0.2, 0.25) is 0 Å². The number of aromatic amines is 1. The molecule has 0 bridgehead atoms. The van der Waals surface area contributed by atoms with E-state index < -0.39 is 13.3 Å². The predicted octanol–water partition coefficient (Wildman–Crippen LogP) is 1.95. The molecule has 0 aliphatic carbocycles. The summed E-state index contributed by atoms with van der Waals surface area (Å²) in [4.78, 5) is 31.4. The number of nitrogens with zero attached hydrogens (tertiary/aromatic N) is 3. The standard InChI is InChI=1S/C15H25N4O5P/c1-4-8-18-11-16-13-12(18)14(20)19(15(21)17-13)9-7-10-24-25(22,6-3)23-5-2/h11H,4-10H2,1-3H3,(H,17,21). The lowest BCUT2D eigenvalue weighted by molar-refractivity contribution is 0.207. The fourth-order valence-corrected chi connectivity index (χ4v) is 3.78. The molecule has 1 atom stereocenters. The number of nitrogens with one attached hydrogen (secondary N) is 1. The third-order valence-electron chi connectivity index (χ3n) is 3.75. The fourth-order valence-electron chi connectivity index (χ4n) is 2.54. The number of hydrogen-bond acceptors (Lipinski definition) is 6. The van der Waals surface area contributed by atoms with Gasteiger partial charge >= 0.3 is 13.3 Å². The summed E-state index contributed by atoms with van der Waals surface area (Å²) in [6.07, 6.45) is 3.05. The molecule has 0 spiro atoms. The summed E-state index contributed by atoms with van der Waals surface area (Å²) in [7, 11) is -3.08. The van der Waals surface area contributed by atoms with Crippen LogP contribution in [0, 0.1) is 0 Å². The highest BCUT2D eigenvalue weighted by Crippen LogP contribution is 2.47. The smallest absolute Gasteiger partial charge is 0.325 e. The Hall–Kier alpha value is -1.70. The third kappa shape index (κ3) is 4.48. The SMILES string of the molecule is CCCn1cnc2[nH]c(=O)n(CCCOP(=O)(CC)OCC)c(=O)c21. The number of hydrogen-bond donors (Lipinski definition) is 1. The van der Waals surface area contributed by atoms with Crippen LogP contribution in [0.15, 0.2) is 15.9 Å². The van der Waals surface area contributed by atoms with Crippen LogP contribution in [-0.2, 0) is 26.7 Å². The number of H-pyrrole nitrogens is 1. The molecule has 2 aromatic heterocycles. The van der Waals surface area contributed by atoms with E-state index in [-0.39, 0.29) is 24.9 Å². The van der Waals surface area contributed by atoms with Crippen LogP contribution in [0.3, 0.4) is 0 Å². The first-order valence-corrected chi connectivity index (χ1v) is 10.2. The zero-order valence-corrected chi connectivity index (χ0v) is 15.8. The van der Waals surface area contributed by atoms with E-state index >= 15 is 0 Å². The fraction of sp³-hybridized carbons (Fsp3) is 0.667. The molecule has 0 saturated heterocycles. The second-order valence-corrected chi connectivity index (χ2v) is 7.92. The van der Waals surface area contributed by atoms with Gasteiger partial charge in [0.05, 0.1) is 19.5 Å². The molecule has 0 aliphatic heterocycles. The van der Waals surface area contributed by atoms with E-state index in [0.717, 1.165) is 11.0 Å². The Balaban J connectivity index is 2.13. The van der Waals surface area contributed by atoms with E-state index in [9.17, 15) is 14.2 Å². The van der Waals surface area contributed by atoms with Gasteiger partial charge in [0.2, 0.25) is 0 Å². The van der Waals surface area contributed by atoms with E-state index in [4.69, 9.17) is 9.05 Å². The van der Waals surface area contributed by atoms with Crippen molar-refractivity contribution < 1.29 is 13.6 Å². The Morgan fingerprint density at radius 2 is 1.96 bits per heavy atom. The summed E-state index contributed by atoms with van der Waals surface area (Å²) in [5.41, 5.74) is -0.213. The maximum atomic E-state index is 12.6. The number of rotatable bonds is 10. The van der Waals surface area contributed by atoms with Crippen molar-refractivity contribution in [2.24, 2.45) is 0 Å². The highest BCUT2D eigenvalue weighted by atomic mass is 31.2. The molecule has 2 rings (SSSR count). The van der Waals surface area contributed by atoms with Crippen molar-refractivity contribution in [2.45, 2.75) is 46.7 Å². The van der Waals surface area contributed by atoms with Crippen molar-refractivity contribution in [1.82, 2.24) is 19.1 Å². The Morgan fingerprint density at radius 3 is 2.60 bits per heavy atom. The summed E-state index contributed by atoms with van der Waals surface area (Å²) in [6, 6.07) is 0. The van der Waals surface area contributed by atoms with Gasteiger partial charge in [-0.3, -0.25) is 18.9 Å². The van der Waals surface area contributed by atoms with Crippen LogP contribution in [-0.4, -0.2) is 38.5 Å². The summed E-state index contributed by atoms with van der Waals surface area (Å²) in [5.74, 6) is 0. The highest BCUT2D eigenvalue weighted by molar-refractivity contribution is 7.53. The maximum Gasteiger partial charge on any atom is 0.330 e. The topological polar surface area (TPSA) is 108 Å². The molecular weight excluding hydrogens is 347 g/mol. The van der Waals surface area contributed by atoms with Crippen LogP contribution >= 0.6 is 7.60 Å². The van der Waals surface area contributed by atoms with Crippen molar-refractivity contribution in [3.05, 3.63) is 27.2 Å². The van der Waals surface area contributed by atoms with Crippen LogP contribution in [0.4, 0.5) is 0 Å². The van der Waals surface area contributed by atoms with Crippen LogP contribution in [0.25, 0.3) is 11.2 Å². The molecule has 0 radical (unpaired) electrons. The first-order chi connectivity index (χ1) is 12.0. The molecule has 10 heteroatoms. The quantitative estimate of drug-likeness (QED) is 0.504. The lowest BCUT2D eigenvalue weighted by Crippen LogP contribution is -2.36. The monoisotopic (exact) mass is 372 g/mol. The van der Waals surface area contributed by atoms with Gasteiger partial charge in [-0.1, -0.05) is 13.8 Å². The summed E-state index contributed by atoms with van der Waals surface area (Å²) in [5, 5.41) is 0. The molecule has 1 N–H and O–H groups in total. The van der Waals surface area contributed by atoms with Gasteiger partial charge in [-0.25, -0.2) is 9.78 Å². The molecule has 2 heterocycles. The van der Waals surface area contributed by atoms with Gasteiger partial charge in [-0.2, -0.15) is 0 Å². The van der Waals surface area contributed by atoms with E-state index in [1.807, 2.05) is 6.92 Å². The van der Waals surface area contributed by atoms with E-state index in [1.54, 1.807) is 24.7 Å². The highest BCUT2D eigenvalue weighted by Gasteiger charge is 2.20. The minimum absolute atomic E-state index is 0.142. The van der Waals surface area contributed by atoms with Crippen molar-refractivity contribution >= 4 is 18.8 Å². The molecule has 0 aliphatic rings. The molecule has 25 heavy (non-hydrogen) atoms. The molecule has 0 amide bonds. The van der Waals surface area contributed by atoms with Crippen LogP contribution in [0.1, 0.15) is 33.6 Å². The maximum absolute atomic E-state index is 12.6. The van der Waals surface area contributed by atoms with Gasteiger partial charge < -0.3 is 13.6 Å². The molecule has 0 aromatic carbocycles. The van der Waals surface area contributed by atoms with Crippen LogP contribution in [0.5, 0.6) is 0 Å². The molecule has 1 unspecified atom stereocenters. The largest absolute Gasteiger partial charge is 0.330 e. The van der Waals surface area contributed by atoms with Gasteiger partial charge in [0.1, 0.15) is 0 Å². The van der Waals surface area contributed by atoms with Crippen molar-refractivity contribution in [3.8, 4) is 0 Å². The first-order valence-electron chi connectivity index (χ1n) is 8.51. The van der Waals surface area contributed by atoms with Crippen molar-refractivity contribution in [2.75, 3.05) is 19.4 Å². The molecule has 0 saturated carbocycles. The van der Waals surface area contributed by atoms with E-state index in [0.29, 0.717) is 30.7 Å². The minimum Gasteiger partial charge on any atom is -0.325 e. The second kappa shape index (κ2) is 8.60. The molecule has 140 valence electrons. The molecule has 9 nitrogen and oxygen atoms in total. The molecule has 2 aromatic rings. The number of aryl methyl sites for hydroxylation is 1. The lowest BCUT2D eigenvalue weighted by Gasteiger charge is -2.15.